The zero-order chi connectivity index (χ0) is 13.8. The molecule has 1 heterocycles. The number of nitriles is 1. The summed E-state index contributed by atoms with van der Waals surface area (Å²) in [5.41, 5.74) is 1.11. The fourth-order valence-electron chi connectivity index (χ4n) is 1.56. The second-order valence-electron chi connectivity index (χ2n) is 4.00. The van der Waals surface area contributed by atoms with Gasteiger partial charge in [0.15, 0.2) is 0 Å². The Balaban J connectivity index is 2.10. The van der Waals surface area contributed by atoms with Gasteiger partial charge < -0.3 is 5.32 Å². The third-order valence-corrected chi connectivity index (χ3v) is 3.01. The smallest absolute Gasteiger partial charge is 0.248 e. The van der Waals surface area contributed by atoms with Gasteiger partial charge in [0.2, 0.25) is 5.91 Å². The van der Waals surface area contributed by atoms with E-state index in [1.807, 2.05) is 6.07 Å². The van der Waals surface area contributed by atoms with Gasteiger partial charge in [-0.1, -0.05) is 6.07 Å². The van der Waals surface area contributed by atoms with Crippen LogP contribution in [0.4, 0.5) is 5.69 Å². The molecule has 0 aliphatic carbocycles. The van der Waals surface area contributed by atoms with Crippen molar-refractivity contribution in [1.82, 2.24) is 9.78 Å². The minimum absolute atomic E-state index is 0.189. The molecule has 0 aliphatic heterocycles. The molecule has 1 atom stereocenters. The molecule has 5 nitrogen and oxygen atoms in total. The van der Waals surface area contributed by atoms with Crippen LogP contribution >= 0.6 is 15.9 Å². The van der Waals surface area contributed by atoms with Gasteiger partial charge in [0.25, 0.3) is 0 Å². The number of hydrogen-bond acceptors (Lipinski definition) is 3. The molecular formula is C13H11BrN4O. The lowest BCUT2D eigenvalue weighted by Gasteiger charge is -2.12. The van der Waals surface area contributed by atoms with E-state index in [0.29, 0.717) is 11.3 Å². The van der Waals surface area contributed by atoms with Gasteiger partial charge in [0.05, 0.1) is 22.3 Å². The molecule has 0 radical (unpaired) electrons. The Hall–Kier alpha value is -2.13. The third-order valence-electron chi connectivity index (χ3n) is 2.61. The monoisotopic (exact) mass is 318 g/mol. The topological polar surface area (TPSA) is 70.7 Å². The van der Waals surface area contributed by atoms with E-state index < -0.39 is 6.04 Å². The molecule has 6 heteroatoms. The normalized spacial score (nSPS) is 11.6. The summed E-state index contributed by atoms with van der Waals surface area (Å²) >= 11 is 3.28. The van der Waals surface area contributed by atoms with Crippen molar-refractivity contribution in [2.75, 3.05) is 5.32 Å². The Morgan fingerprint density at radius 2 is 2.37 bits per heavy atom. The van der Waals surface area contributed by atoms with Gasteiger partial charge in [0.1, 0.15) is 6.04 Å². The Morgan fingerprint density at radius 1 is 1.58 bits per heavy atom. The van der Waals surface area contributed by atoms with Gasteiger partial charge >= 0.3 is 0 Å². The lowest BCUT2D eigenvalue weighted by Crippen LogP contribution is -2.24. The van der Waals surface area contributed by atoms with E-state index >= 15 is 0 Å². The van der Waals surface area contributed by atoms with Gasteiger partial charge in [0, 0.05) is 11.9 Å². The summed E-state index contributed by atoms with van der Waals surface area (Å²) in [5, 5.41) is 15.6. The summed E-state index contributed by atoms with van der Waals surface area (Å²) < 4.78 is 2.38. The van der Waals surface area contributed by atoms with Crippen LogP contribution in [0, 0.1) is 11.3 Å². The maximum Gasteiger partial charge on any atom is 0.248 e. The standard InChI is InChI=1S/C13H11BrN4O/c1-9(18-8-11(14)7-16-18)13(19)17-12-4-2-3-10(5-12)6-15/h2-5,7-9H,1H3,(H,17,19). The highest BCUT2D eigenvalue weighted by molar-refractivity contribution is 9.10. The second kappa shape index (κ2) is 5.67. The minimum atomic E-state index is -0.433. The number of rotatable bonds is 3. The summed E-state index contributed by atoms with van der Waals surface area (Å²) in [6.45, 7) is 1.75. The highest BCUT2D eigenvalue weighted by Crippen LogP contribution is 2.15. The molecule has 0 saturated carbocycles. The number of anilines is 1. The predicted molar refractivity (Wildman–Crippen MR) is 74.4 cm³/mol. The number of carbonyl (C=O) groups is 1. The Morgan fingerprint density at radius 3 is 3.00 bits per heavy atom. The number of nitrogens with one attached hydrogen (secondary N) is 1. The summed E-state index contributed by atoms with van der Waals surface area (Å²) in [7, 11) is 0. The minimum Gasteiger partial charge on any atom is -0.324 e. The van der Waals surface area contributed by atoms with Crippen molar-refractivity contribution in [3.05, 3.63) is 46.7 Å². The third kappa shape index (κ3) is 3.20. The van der Waals surface area contributed by atoms with E-state index in [1.165, 1.54) is 0 Å². The molecule has 0 aliphatic rings. The van der Waals surface area contributed by atoms with E-state index in [2.05, 4.69) is 26.3 Å². The van der Waals surface area contributed by atoms with Crippen LogP contribution < -0.4 is 5.32 Å². The highest BCUT2D eigenvalue weighted by Gasteiger charge is 2.15. The van der Waals surface area contributed by atoms with Crippen molar-refractivity contribution >= 4 is 27.5 Å². The molecule has 19 heavy (non-hydrogen) atoms. The van der Waals surface area contributed by atoms with Crippen LogP contribution in [0.2, 0.25) is 0 Å². The summed E-state index contributed by atoms with van der Waals surface area (Å²) in [6.07, 6.45) is 3.36. The largest absolute Gasteiger partial charge is 0.324 e. The molecule has 0 saturated heterocycles. The second-order valence-corrected chi connectivity index (χ2v) is 4.91. The zero-order valence-electron chi connectivity index (χ0n) is 10.2. The maximum atomic E-state index is 12.1. The molecule has 2 aromatic rings. The van der Waals surface area contributed by atoms with Gasteiger partial charge in [-0.15, -0.1) is 0 Å². The summed E-state index contributed by atoms with van der Waals surface area (Å²) in [4.78, 5) is 12.1. The Kier molecular flexibility index (Phi) is 3.97. The zero-order valence-corrected chi connectivity index (χ0v) is 11.8. The van der Waals surface area contributed by atoms with Crippen molar-refractivity contribution in [2.45, 2.75) is 13.0 Å². The number of nitrogens with zero attached hydrogens (tertiary/aromatic N) is 3. The molecule has 1 aromatic heterocycles. The number of halogens is 1. The number of benzene rings is 1. The van der Waals surface area contributed by atoms with Crippen molar-refractivity contribution in [3.8, 4) is 6.07 Å². The molecular weight excluding hydrogens is 308 g/mol. The van der Waals surface area contributed by atoms with E-state index in [-0.39, 0.29) is 5.91 Å². The first-order valence-electron chi connectivity index (χ1n) is 5.61. The SMILES string of the molecule is CC(C(=O)Nc1cccc(C#N)c1)n1cc(Br)cn1. The van der Waals surface area contributed by atoms with E-state index in [4.69, 9.17) is 5.26 Å². The van der Waals surface area contributed by atoms with Crippen LogP contribution in [0.1, 0.15) is 18.5 Å². The van der Waals surface area contributed by atoms with Crippen LogP contribution in [0.25, 0.3) is 0 Å². The average Bonchev–Trinajstić information content (AvgIpc) is 2.84. The fraction of sp³-hybridized carbons (Fsp3) is 0.154. The Bertz CT molecular complexity index is 644. The number of amides is 1. The van der Waals surface area contributed by atoms with E-state index in [9.17, 15) is 4.79 Å². The molecule has 0 bridgehead atoms. The molecule has 1 aromatic carbocycles. The van der Waals surface area contributed by atoms with Crippen molar-refractivity contribution in [2.24, 2.45) is 0 Å². The Labute approximate surface area is 119 Å². The van der Waals surface area contributed by atoms with Crippen molar-refractivity contribution < 1.29 is 4.79 Å². The first-order chi connectivity index (χ1) is 9.10. The first kappa shape index (κ1) is 13.3. The number of carbonyl (C=O) groups excluding carboxylic acids is 1. The van der Waals surface area contributed by atoms with Gasteiger partial charge in [-0.3, -0.25) is 9.48 Å². The van der Waals surface area contributed by atoms with E-state index in [1.54, 1.807) is 48.3 Å². The van der Waals surface area contributed by atoms with Crippen LogP contribution in [0.3, 0.4) is 0 Å². The van der Waals surface area contributed by atoms with Crippen LogP contribution in [-0.2, 0) is 4.79 Å². The van der Waals surface area contributed by atoms with Crippen LogP contribution in [-0.4, -0.2) is 15.7 Å². The molecule has 0 fully saturated rings. The lowest BCUT2D eigenvalue weighted by molar-refractivity contribution is -0.119. The molecule has 1 unspecified atom stereocenters. The number of aromatic nitrogens is 2. The van der Waals surface area contributed by atoms with Crippen LogP contribution in [0.5, 0.6) is 0 Å². The average molecular weight is 319 g/mol. The first-order valence-corrected chi connectivity index (χ1v) is 6.40. The summed E-state index contributed by atoms with van der Waals surface area (Å²) in [6, 6.07) is 8.38. The van der Waals surface area contributed by atoms with Gasteiger partial charge in [-0.2, -0.15) is 10.4 Å². The summed E-state index contributed by atoms with van der Waals surface area (Å²) in [5.74, 6) is -0.189. The highest BCUT2D eigenvalue weighted by atomic mass is 79.9. The molecule has 2 rings (SSSR count). The van der Waals surface area contributed by atoms with Gasteiger partial charge in [-0.25, -0.2) is 0 Å². The van der Waals surface area contributed by atoms with E-state index in [0.717, 1.165) is 4.47 Å². The molecule has 96 valence electrons. The van der Waals surface area contributed by atoms with Crippen molar-refractivity contribution in [3.63, 3.8) is 0 Å². The molecule has 1 N–H and O–H groups in total. The van der Waals surface area contributed by atoms with Crippen molar-refractivity contribution in [1.29, 1.82) is 5.26 Å². The molecule has 1 amide bonds. The maximum absolute atomic E-state index is 12.1. The fourth-order valence-corrected chi connectivity index (χ4v) is 1.86. The predicted octanol–water partition coefficient (Wildman–Crippen LogP) is 2.72. The quantitative estimate of drug-likeness (QED) is 0.945. The number of hydrogen-bond donors (Lipinski definition) is 1. The molecule has 0 spiro atoms. The van der Waals surface area contributed by atoms with Crippen LogP contribution in [0.15, 0.2) is 41.1 Å². The van der Waals surface area contributed by atoms with Gasteiger partial charge in [-0.05, 0) is 41.1 Å². The lowest BCUT2D eigenvalue weighted by atomic mass is 10.2.